The van der Waals surface area contributed by atoms with E-state index < -0.39 is 141 Å². The fourth-order valence-electron chi connectivity index (χ4n) is 8.41. The first-order chi connectivity index (χ1) is 36.4. The second-order valence-corrected chi connectivity index (χ2v) is 17.4. The van der Waals surface area contributed by atoms with Crippen molar-refractivity contribution in [2.45, 2.75) is 122 Å². The van der Waals surface area contributed by atoms with E-state index in [2.05, 4.69) is 0 Å². The summed E-state index contributed by atoms with van der Waals surface area (Å²) in [6.45, 7) is 5.48. The van der Waals surface area contributed by atoms with Gasteiger partial charge in [-0.05, 0) is 11.1 Å². The highest BCUT2D eigenvalue weighted by Gasteiger charge is 2.58. The molecule has 0 aromatic heterocycles. The van der Waals surface area contributed by atoms with Crippen molar-refractivity contribution in [2.24, 2.45) is 4.99 Å². The lowest BCUT2D eigenvalue weighted by atomic mass is 9.96. The van der Waals surface area contributed by atoms with Gasteiger partial charge < -0.3 is 56.8 Å². The molecule has 4 aromatic rings. The van der Waals surface area contributed by atoms with Gasteiger partial charge in [-0.15, -0.1) is 0 Å². The van der Waals surface area contributed by atoms with Gasteiger partial charge in [0.2, 0.25) is 12.4 Å². The van der Waals surface area contributed by atoms with Crippen LogP contribution in [-0.4, -0.2) is 141 Å². The minimum absolute atomic E-state index is 0.368. The fourth-order valence-corrected chi connectivity index (χ4v) is 8.41. The van der Waals surface area contributed by atoms with Crippen molar-refractivity contribution in [1.29, 1.82) is 0 Å². The minimum atomic E-state index is -2.00. The van der Waals surface area contributed by atoms with Crippen molar-refractivity contribution in [3.63, 3.8) is 0 Å². The van der Waals surface area contributed by atoms with Gasteiger partial charge in [0, 0.05) is 59.6 Å². The van der Waals surface area contributed by atoms with Gasteiger partial charge in [-0.25, -0.2) is 4.79 Å². The van der Waals surface area contributed by atoms with Gasteiger partial charge in [0.15, 0.2) is 36.7 Å². The molecule has 404 valence electrons. The molecule has 0 N–H and O–H groups in total. The maximum atomic E-state index is 15.1. The van der Waals surface area contributed by atoms with E-state index in [-0.39, 0.29) is 0 Å². The predicted molar refractivity (Wildman–Crippen MR) is 262 cm³/mol. The van der Waals surface area contributed by atoms with E-state index >= 15 is 4.79 Å². The minimum Gasteiger partial charge on any atom is -0.463 e. The van der Waals surface area contributed by atoms with E-state index in [1.807, 2.05) is 97.1 Å². The number of benzene rings is 4. The van der Waals surface area contributed by atoms with Gasteiger partial charge in [0.1, 0.15) is 37.6 Å². The molecular weight excluding hydrogens is 995 g/mol. The number of aliphatic imine (C=N–C) groups is 1. The van der Waals surface area contributed by atoms with Gasteiger partial charge in [-0.1, -0.05) is 121 Å². The van der Waals surface area contributed by atoms with Crippen LogP contribution in [0, 0.1) is 0 Å². The van der Waals surface area contributed by atoms with Crippen molar-refractivity contribution in [3.05, 3.63) is 144 Å². The molecule has 2 saturated heterocycles. The van der Waals surface area contributed by atoms with Crippen LogP contribution in [0.3, 0.4) is 0 Å². The number of esters is 8. The summed E-state index contributed by atoms with van der Waals surface area (Å²) >= 11 is 0. The molecule has 0 aliphatic carbocycles. The molecule has 2 fully saturated rings. The number of carbonyl (C=O) groups excluding carboxylic acids is 8. The van der Waals surface area contributed by atoms with E-state index in [1.54, 1.807) is 24.3 Å². The van der Waals surface area contributed by atoms with Crippen LogP contribution in [0.4, 0.5) is 0 Å². The highest BCUT2D eigenvalue weighted by Crippen LogP contribution is 2.36. The normalized spacial score (nSPS) is 23.3. The average molecular weight is 1050 g/mol. The third-order valence-electron chi connectivity index (χ3n) is 11.4. The molecule has 4 aromatic carbocycles. The summed E-state index contributed by atoms with van der Waals surface area (Å²) in [5, 5.41) is 0. The first kappa shape index (κ1) is 57.4. The SMILES string of the molecule is CC(=O)OC[C@H]1O[C@@H](O[C@H]2[C@H](OC(C)=O)[C@@H](OC(C)=O)[C@H](OC(=O)[C@H](COC(c3ccccc3)c3ccccc3)N=C(c3ccccc3)c3ccccc3)O[C@@H]2COC(C)=O)[C@H](OC(C)=O)[C@@H](OC(C)=O)[C@H]1OC(C)=O. The Morgan fingerprint density at radius 1 is 0.434 bits per heavy atom. The highest BCUT2D eigenvalue weighted by atomic mass is 16.8. The maximum absolute atomic E-state index is 15.1. The molecule has 21 nitrogen and oxygen atoms in total. The van der Waals surface area contributed by atoms with Crippen molar-refractivity contribution < 1.29 is 95.2 Å². The molecule has 21 heteroatoms. The lowest BCUT2D eigenvalue weighted by Crippen LogP contribution is -2.67. The molecule has 0 saturated carbocycles. The third-order valence-corrected chi connectivity index (χ3v) is 11.4. The van der Waals surface area contributed by atoms with Gasteiger partial charge in [-0.2, -0.15) is 0 Å². The standard InChI is InChI=1S/C55H59NO20/c1-31(57)65-29-43-47(68-33(3)59)49(69-34(4)60)51(71-36(6)62)54(73-43)75-48-44(30-66-32(2)58)74-55(52(72-37(7)63)50(48)70-35(5)61)76-53(64)42(56-45(38-20-12-8-13-21-38)39-22-14-9-15-23-39)28-67-46(40-24-16-10-17-25-40)41-26-18-11-19-27-41/h8-27,42-44,46-52,54-55H,28-30H2,1-7H3/t42-,43+,44+,47-,48+,49-,50-,51+,52+,54-,55-/m0/s1. The van der Waals surface area contributed by atoms with E-state index in [9.17, 15) is 33.6 Å². The Morgan fingerprint density at radius 3 is 1.24 bits per heavy atom. The van der Waals surface area contributed by atoms with Gasteiger partial charge in [-0.3, -0.25) is 38.6 Å². The second kappa shape index (κ2) is 27.6. The maximum Gasteiger partial charge on any atom is 0.335 e. The molecule has 0 unspecified atom stereocenters. The molecule has 76 heavy (non-hydrogen) atoms. The Bertz CT molecular complexity index is 2570. The summed E-state index contributed by atoms with van der Waals surface area (Å²) in [4.78, 5) is 109. The number of hydrogen-bond donors (Lipinski definition) is 0. The highest BCUT2D eigenvalue weighted by molar-refractivity contribution is 6.13. The lowest BCUT2D eigenvalue weighted by Gasteiger charge is -2.48. The monoisotopic (exact) mass is 1050 g/mol. The zero-order valence-electron chi connectivity index (χ0n) is 42.7. The largest absolute Gasteiger partial charge is 0.463 e. The lowest BCUT2D eigenvalue weighted by molar-refractivity contribution is -0.357. The number of rotatable bonds is 21. The fraction of sp³-hybridized carbons (Fsp3) is 0.400. The molecule has 0 bridgehead atoms. The summed E-state index contributed by atoms with van der Waals surface area (Å²) in [5.74, 6) is -7.50. The van der Waals surface area contributed by atoms with Crippen LogP contribution in [-0.2, 0) is 95.2 Å². The number of carbonyl (C=O) groups is 8. The summed E-state index contributed by atoms with van der Waals surface area (Å²) in [5.41, 5.74) is 3.12. The molecule has 11 atom stereocenters. The van der Waals surface area contributed by atoms with E-state index in [1.165, 1.54) is 0 Å². The number of ether oxygens (including phenoxy) is 12. The van der Waals surface area contributed by atoms with Crippen molar-refractivity contribution in [3.8, 4) is 0 Å². The topological polar surface area (TPSA) is 260 Å². The summed E-state index contributed by atoms with van der Waals surface area (Å²) in [6, 6.07) is 35.1. The number of nitrogens with zero attached hydrogens (tertiary/aromatic N) is 1. The van der Waals surface area contributed by atoms with Crippen LogP contribution >= 0.6 is 0 Å². The Kier molecular flexibility index (Phi) is 20.9. The zero-order chi connectivity index (χ0) is 54.9. The van der Waals surface area contributed by atoms with Crippen LogP contribution in [0.1, 0.15) is 76.8 Å². The quantitative estimate of drug-likeness (QED) is 0.0613. The van der Waals surface area contributed by atoms with Crippen LogP contribution in [0.25, 0.3) is 0 Å². The first-order valence-corrected chi connectivity index (χ1v) is 24.1. The molecule has 0 radical (unpaired) electrons. The Balaban J connectivity index is 1.45. The zero-order valence-corrected chi connectivity index (χ0v) is 42.7. The van der Waals surface area contributed by atoms with Crippen LogP contribution in [0.15, 0.2) is 126 Å². The smallest absolute Gasteiger partial charge is 0.335 e. The van der Waals surface area contributed by atoms with E-state index in [0.717, 1.165) is 59.6 Å². The second-order valence-electron chi connectivity index (χ2n) is 17.4. The molecule has 2 aliphatic rings. The molecule has 2 heterocycles. The molecule has 0 amide bonds. The van der Waals surface area contributed by atoms with Crippen LogP contribution in [0.2, 0.25) is 0 Å². The van der Waals surface area contributed by atoms with Crippen molar-refractivity contribution >= 4 is 53.5 Å². The van der Waals surface area contributed by atoms with Gasteiger partial charge >= 0.3 is 47.8 Å². The van der Waals surface area contributed by atoms with Gasteiger partial charge in [0.05, 0.1) is 12.3 Å². The van der Waals surface area contributed by atoms with Crippen molar-refractivity contribution in [1.82, 2.24) is 0 Å². The van der Waals surface area contributed by atoms with E-state index in [0.29, 0.717) is 16.8 Å². The average Bonchev–Trinajstić information content (AvgIpc) is 3.39. The van der Waals surface area contributed by atoms with E-state index in [4.69, 9.17) is 61.8 Å². The predicted octanol–water partition coefficient (Wildman–Crippen LogP) is 4.86. The third kappa shape index (κ3) is 16.3. The van der Waals surface area contributed by atoms with Crippen LogP contribution in [0.5, 0.6) is 0 Å². The van der Waals surface area contributed by atoms with Crippen LogP contribution < -0.4 is 0 Å². The first-order valence-electron chi connectivity index (χ1n) is 24.1. The summed E-state index contributed by atoms with van der Waals surface area (Å²) in [6.07, 6.45) is -18.5. The molecule has 6 rings (SSSR count). The Labute approximate surface area is 437 Å². The molecule has 2 aliphatic heterocycles. The number of hydrogen-bond acceptors (Lipinski definition) is 21. The van der Waals surface area contributed by atoms with Gasteiger partial charge in [0.25, 0.3) is 0 Å². The summed E-state index contributed by atoms with van der Waals surface area (Å²) < 4.78 is 70.7. The summed E-state index contributed by atoms with van der Waals surface area (Å²) in [7, 11) is 0. The molecular formula is C55H59NO20. The Hall–Kier alpha value is -7.85. The Morgan fingerprint density at radius 2 is 0.803 bits per heavy atom. The molecule has 0 spiro atoms. The van der Waals surface area contributed by atoms with Crippen molar-refractivity contribution in [2.75, 3.05) is 19.8 Å².